The van der Waals surface area contributed by atoms with E-state index in [-0.39, 0.29) is 0 Å². The van der Waals surface area contributed by atoms with Gasteiger partial charge in [-0.15, -0.1) is 22.7 Å². The van der Waals surface area contributed by atoms with Crippen molar-refractivity contribution in [1.82, 2.24) is 10.6 Å². The Morgan fingerprint density at radius 2 is 2.16 bits per heavy atom. The second kappa shape index (κ2) is 9.46. The molecule has 1 aliphatic heterocycles. The molecule has 0 atom stereocenters. The predicted octanol–water partition coefficient (Wildman–Crippen LogP) is 4.23. The van der Waals surface area contributed by atoms with Crippen molar-refractivity contribution in [1.29, 1.82) is 0 Å². The van der Waals surface area contributed by atoms with Crippen molar-refractivity contribution >= 4 is 45.2 Å². The molecular weight excluding hydrogens is 372 g/mol. The number of nitrogens with zero attached hydrogens (tertiary/aromatic N) is 2. The van der Waals surface area contributed by atoms with Crippen molar-refractivity contribution in [2.24, 2.45) is 4.99 Å². The van der Waals surface area contributed by atoms with Gasteiger partial charge < -0.3 is 15.5 Å². The number of thiophene rings is 2. The Hall–Kier alpha value is -1.24. The number of aliphatic imine (C=N–C) groups is 1. The summed E-state index contributed by atoms with van der Waals surface area (Å²) < 4.78 is 0.849. The van der Waals surface area contributed by atoms with Gasteiger partial charge in [-0.2, -0.15) is 0 Å². The van der Waals surface area contributed by atoms with Crippen LogP contribution >= 0.6 is 34.3 Å². The van der Waals surface area contributed by atoms with Crippen LogP contribution < -0.4 is 15.5 Å². The highest BCUT2D eigenvalue weighted by Gasteiger charge is 2.20. The molecular formula is C18H25ClN4S2. The van der Waals surface area contributed by atoms with Gasteiger partial charge in [0.2, 0.25) is 0 Å². The first-order valence-electron chi connectivity index (χ1n) is 8.82. The quantitative estimate of drug-likeness (QED) is 0.567. The zero-order valence-electron chi connectivity index (χ0n) is 14.5. The van der Waals surface area contributed by atoms with Gasteiger partial charge in [0.25, 0.3) is 0 Å². The summed E-state index contributed by atoms with van der Waals surface area (Å²) in [5.74, 6) is 0.930. The molecule has 25 heavy (non-hydrogen) atoms. The highest BCUT2D eigenvalue weighted by molar-refractivity contribution is 7.16. The van der Waals surface area contributed by atoms with Crippen LogP contribution in [-0.4, -0.2) is 38.2 Å². The van der Waals surface area contributed by atoms with Crippen molar-refractivity contribution in [2.75, 3.05) is 31.1 Å². The van der Waals surface area contributed by atoms with Crippen LogP contribution in [0.5, 0.6) is 0 Å². The Balaban J connectivity index is 1.47. The van der Waals surface area contributed by atoms with E-state index in [1.165, 1.54) is 9.88 Å². The van der Waals surface area contributed by atoms with Crippen molar-refractivity contribution in [3.8, 4) is 0 Å². The Bertz CT molecular complexity index is 660. The summed E-state index contributed by atoms with van der Waals surface area (Å²) in [7, 11) is 0. The van der Waals surface area contributed by atoms with E-state index in [4.69, 9.17) is 16.6 Å². The largest absolute Gasteiger partial charge is 0.363 e. The van der Waals surface area contributed by atoms with E-state index in [1.54, 1.807) is 11.3 Å². The number of hydrogen-bond donors (Lipinski definition) is 2. The Labute approximate surface area is 162 Å². The molecule has 3 rings (SSSR count). The molecule has 1 saturated heterocycles. The Morgan fingerprint density at radius 3 is 2.80 bits per heavy atom. The highest BCUT2D eigenvalue weighted by atomic mass is 35.5. The number of nitrogens with one attached hydrogen (secondary N) is 2. The minimum Gasteiger partial charge on any atom is -0.363 e. The van der Waals surface area contributed by atoms with E-state index in [1.807, 2.05) is 17.4 Å². The maximum absolute atomic E-state index is 5.98. The van der Waals surface area contributed by atoms with Crippen molar-refractivity contribution < 1.29 is 0 Å². The van der Waals surface area contributed by atoms with Gasteiger partial charge in [-0.05, 0) is 49.4 Å². The fraction of sp³-hybridized carbons (Fsp3) is 0.500. The lowest BCUT2D eigenvalue weighted by molar-refractivity contribution is 0.463. The number of hydrogen-bond acceptors (Lipinski definition) is 4. The summed E-state index contributed by atoms with van der Waals surface area (Å²) in [4.78, 5) is 8.49. The van der Waals surface area contributed by atoms with Crippen molar-refractivity contribution in [3.05, 3.63) is 38.9 Å². The molecule has 0 spiro atoms. The summed E-state index contributed by atoms with van der Waals surface area (Å²) >= 11 is 9.45. The van der Waals surface area contributed by atoms with Gasteiger partial charge >= 0.3 is 0 Å². The fourth-order valence-electron chi connectivity index (χ4n) is 2.97. The first kappa shape index (κ1) is 18.5. The number of rotatable bonds is 6. The number of anilines is 1. The molecule has 0 amide bonds. The lowest BCUT2D eigenvalue weighted by atomic mass is 10.1. The lowest BCUT2D eigenvalue weighted by Gasteiger charge is -2.33. The molecule has 4 nitrogen and oxygen atoms in total. The molecule has 0 saturated carbocycles. The topological polar surface area (TPSA) is 39.7 Å². The van der Waals surface area contributed by atoms with Crippen LogP contribution in [0.4, 0.5) is 5.00 Å². The maximum atomic E-state index is 5.98. The van der Waals surface area contributed by atoms with Gasteiger partial charge in [0.1, 0.15) is 0 Å². The van der Waals surface area contributed by atoms with Gasteiger partial charge in [-0.1, -0.05) is 11.6 Å². The minimum absolute atomic E-state index is 0.491. The zero-order valence-corrected chi connectivity index (χ0v) is 16.9. The molecule has 0 aliphatic carbocycles. The molecule has 1 fully saturated rings. The van der Waals surface area contributed by atoms with Gasteiger partial charge in [-0.25, -0.2) is 0 Å². The maximum Gasteiger partial charge on any atom is 0.191 e. The van der Waals surface area contributed by atoms with E-state index in [0.717, 1.165) is 55.7 Å². The molecule has 0 radical (unpaired) electrons. The molecule has 0 bridgehead atoms. The highest BCUT2D eigenvalue weighted by Crippen LogP contribution is 2.25. The van der Waals surface area contributed by atoms with Gasteiger partial charge in [-0.3, -0.25) is 4.99 Å². The van der Waals surface area contributed by atoms with Gasteiger partial charge in [0.15, 0.2) is 5.96 Å². The summed E-state index contributed by atoms with van der Waals surface area (Å²) in [6.07, 6.45) is 3.22. The SMILES string of the molecule is CCNC(=NCCc1ccc(Cl)s1)NC1CCN(c2cccs2)CC1. The van der Waals surface area contributed by atoms with Crippen molar-refractivity contribution in [2.45, 2.75) is 32.2 Å². The lowest BCUT2D eigenvalue weighted by Crippen LogP contribution is -2.48. The molecule has 136 valence electrons. The monoisotopic (exact) mass is 396 g/mol. The Kier molecular flexibility index (Phi) is 7.02. The predicted molar refractivity (Wildman–Crippen MR) is 112 cm³/mol. The number of guanidine groups is 1. The molecule has 1 aliphatic rings. The summed E-state index contributed by atoms with van der Waals surface area (Å²) in [5.41, 5.74) is 0. The molecule has 7 heteroatoms. The fourth-order valence-corrected chi connectivity index (χ4v) is 4.83. The molecule has 2 N–H and O–H groups in total. The molecule has 2 aromatic heterocycles. The standard InChI is InChI=1S/C18H25ClN4S2/c1-2-20-18(21-10-7-15-5-6-16(19)25-15)22-14-8-11-23(12-9-14)17-4-3-13-24-17/h3-6,13-14H,2,7-12H2,1H3,(H2,20,21,22). The third kappa shape index (κ3) is 5.62. The van der Waals surface area contributed by atoms with Crippen LogP contribution in [0.15, 0.2) is 34.6 Å². The molecule has 2 aromatic rings. The van der Waals surface area contributed by atoms with E-state index in [0.29, 0.717) is 6.04 Å². The minimum atomic E-state index is 0.491. The first-order chi connectivity index (χ1) is 12.2. The molecule has 0 aromatic carbocycles. The van der Waals surface area contributed by atoms with E-state index < -0.39 is 0 Å². The van der Waals surface area contributed by atoms with E-state index >= 15 is 0 Å². The van der Waals surface area contributed by atoms with Gasteiger partial charge in [0, 0.05) is 43.5 Å². The third-order valence-electron chi connectivity index (χ3n) is 4.25. The van der Waals surface area contributed by atoms with Crippen LogP contribution in [0.3, 0.4) is 0 Å². The van der Waals surface area contributed by atoms with Crippen LogP contribution in [0.2, 0.25) is 4.34 Å². The smallest absolute Gasteiger partial charge is 0.191 e. The summed E-state index contributed by atoms with van der Waals surface area (Å²) in [6.45, 7) is 5.97. The molecule has 0 unspecified atom stereocenters. The Morgan fingerprint density at radius 1 is 1.32 bits per heavy atom. The average molecular weight is 397 g/mol. The number of piperidine rings is 1. The summed E-state index contributed by atoms with van der Waals surface area (Å²) in [6, 6.07) is 8.87. The van der Waals surface area contributed by atoms with E-state index in [2.05, 4.69) is 46.0 Å². The normalized spacial score (nSPS) is 16.2. The van der Waals surface area contributed by atoms with Crippen LogP contribution in [-0.2, 0) is 6.42 Å². The summed E-state index contributed by atoms with van der Waals surface area (Å²) in [5, 5.41) is 10.5. The van der Waals surface area contributed by atoms with Crippen molar-refractivity contribution in [3.63, 3.8) is 0 Å². The van der Waals surface area contributed by atoms with E-state index in [9.17, 15) is 0 Å². The van der Waals surface area contributed by atoms with Crippen LogP contribution in [0.25, 0.3) is 0 Å². The number of halogens is 1. The van der Waals surface area contributed by atoms with Crippen LogP contribution in [0, 0.1) is 0 Å². The average Bonchev–Trinajstić information content (AvgIpc) is 3.28. The third-order valence-corrected chi connectivity index (χ3v) is 6.47. The second-order valence-corrected chi connectivity index (χ2v) is 8.80. The van der Waals surface area contributed by atoms with Gasteiger partial charge in [0.05, 0.1) is 9.34 Å². The van der Waals surface area contributed by atoms with Crippen LogP contribution in [0.1, 0.15) is 24.6 Å². The first-order valence-corrected chi connectivity index (χ1v) is 10.9. The second-order valence-electron chi connectivity index (χ2n) is 6.07. The zero-order chi connectivity index (χ0) is 17.5. The molecule has 3 heterocycles.